The summed E-state index contributed by atoms with van der Waals surface area (Å²) in [5.74, 6) is 0.692. The molecule has 2 aromatic rings. The number of hydrogen-bond donors (Lipinski definition) is 4. The van der Waals surface area contributed by atoms with Crippen molar-refractivity contribution in [3.63, 3.8) is 0 Å². The van der Waals surface area contributed by atoms with Crippen LogP contribution in [0.25, 0.3) is 10.8 Å². The summed E-state index contributed by atoms with van der Waals surface area (Å²) in [5, 5.41) is 0.760. The normalized spacial score (nSPS) is 11.6. The fourth-order valence-electron chi connectivity index (χ4n) is 6.94. The van der Waals surface area contributed by atoms with E-state index in [1.165, 1.54) is 38.2 Å². The molecule has 0 atom stereocenters. The van der Waals surface area contributed by atoms with Crippen molar-refractivity contribution in [3.05, 3.63) is 35.4 Å². The van der Waals surface area contributed by atoms with E-state index in [0.717, 1.165) is 95.5 Å². The van der Waals surface area contributed by atoms with Crippen LogP contribution in [-0.4, -0.2) is 64.2 Å². The zero-order chi connectivity index (χ0) is 46.8. The van der Waals surface area contributed by atoms with Gasteiger partial charge in [0.2, 0.25) is 0 Å². The van der Waals surface area contributed by atoms with Crippen LogP contribution in [0.5, 0.6) is 0 Å². The van der Waals surface area contributed by atoms with Crippen molar-refractivity contribution >= 4 is 42.9 Å². The van der Waals surface area contributed by atoms with Crippen LogP contribution in [-0.2, 0) is 52.1 Å². The van der Waals surface area contributed by atoms with E-state index < -0.39 is 30.0 Å². The van der Waals surface area contributed by atoms with Gasteiger partial charge in [-0.15, -0.1) is 0 Å². The summed E-state index contributed by atoms with van der Waals surface area (Å²) < 4.78 is 80.3. The summed E-state index contributed by atoms with van der Waals surface area (Å²) in [6.07, 6.45) is 22.8. The predicted molar refractivity (Wildman–Crippen MR) is 254 cm³/mol. The van der Waals surface area contributed by atoms with E-state index in [9.17, 15) is 35.5 Å². The molecule has 0 aliphatic heterocycles. The molecule has 0 saturated heterocycles. The molecule has 0 saturated carbocycles. The van der Waals surface area contributed by atoms with Gasteiger partial charge in [-0.25, -0.2) is 0 Å². The number of esters is 2. The highest BCUT2D eigenvalue weighted by Gasteiger charge is 2.32. The first-order valence-electron chi connectivity index (χ1n) is 23.7. The molecular weight excluding hydrogens is 829 g/mol. The summed E-state index contributed by atoms with van der Waals surface area (Å²) in [5.41, 5.74) is 11.8. The molecule has 6 N–H and O–H groups in total. The Morgan fingerprint density at radius 3 is 1.24 bits per heavy atom. The number of carbonyl (C=O) groups excluding carboxylic acids is 2. The van der Waals surface area contributed by atoms with Gasteiger partial charge in [0.25, 0.3) is 20.2 Å². The Bertz CT molecular complexity index is 1680. The minimum Gasteiger partial charge on any atom is -0.465 e. The number of unbranched alkanes of at least 4 members (excludes halogenated alkanes) is 16. The maximum absolute atomic E-state index is 12.6. The van der Waals surface area contributed by atoms with Crippen LogP contribution >= 0.6 is 0 Å². The number of nitrogens with two attached hydrogens (primary N) is 2. The van der Waals surface area contributed by atoms with Crippen molar-refractivity contribution in [1.82, 2.24) is 0 Å². The number of aryl methyl sites for hydroxylation is 1. The third-order valence-electron chi connectivity index (χ3n) is 10.2. The summed E-state index contributed by atoms with van der Waals surface area (Å²) in [4.78, 5) is 20.8. The summed E-state index contributed by atoms with van der Waals surface area (Å²) >= 11 is 0. The molecule has 0 unspecified atom stereocenters. The highest BCUT2D eigenvalue weighted by atomic mass is 32.2. The molecule has 360 valence electrons. The van der Waals surface area contributed by atoms with E-state index in [1.54, 1.807) is 18.2 Å². The molecule has 0 radical (unpaired) electrons. The maximum Gasteiger partial charge on any atom is 0.305 e. The van der Waals surface area contributed by atoms with Gasteiger partial charge in [0.1, 0.15) is 9.79 Å². The first-order chi connectivity index (χ1) is 29.5. The highest BCUT2D eigenvalue weighted by molar-refractivity contribution is 7.89. The van der Waals surface area contributed by atoms with Gasteiger partial charge in [-0.2, -0.15) is 16.8 Å². The lowest BCUT2D eigenvalue weighted by Gasteiger charge is -2.20. The molecule has 12 nitrogen and oxygen atoms in total. The summed E-state index contributed by atoms with van der Waals surface area (Å²) in [6.45, 7) is 15.0. The van der Waals surface area contributed by atoms with Crippen molar-refractivity contribution < 1.29 is 45.0 Å². The van der Waals surface area contributed by atoms with Crippen LogP contribution in [0.2, 0.25) is 0 Å². The third-order valence-corrected chi connectivity index (χ3v) is 12.3. The second kappa shape index (κ2) is 35.7. The van der Waals surface area contributed by atoms with Crippen LogP contribution in [0.1, 0.15) is 194 Å². The van der Waals surface area contributed by atoms with E-state index in [2.05, 4.69) is 13.8 Å². The standard InChI is InChI=1S/C28H44O6S2.2C10H21NO2/c1-3-5-7-9-11-13-15-19-23-24-20-17-18-22-26(24)28(36(32,33)34)27(35(29,30)31)25(23)21-16-14-12-10-8-6-4-2;2*1-9(2)8-13-10(12)6-4-3-5-7-11/h17-18,20,22H,3-16,19,21H2,1-2H3,(H,29,30,31)(H,32,33,34);2*9H,3-8,11H2,1-2H3. The molecule has 2 aromatic carbocycles. The van der Waals surface area contributed by atoms with Gasteiger partial charge in [0.15, 0.2) is 0 Å². The van der Waals surface area contributed by atoms with E-state index in [0.29, 0.717) is 81.2 Å². The number of hydrogen-bond acceptors (Lipinski definition) is 10. The largest absolute Gasteiger partial charge is 0.465 e. The molecule has 2 rings (SSSR count). The number of ether oxygens (including phenoxy) is 2. The van der Waals surface area contributed by atoms with Crippen LogP contribution in [0, 0.1) is 11.8 Å². The molecule has 0 aromatic heterocycles. The van der Waals surface area contributed by atoms with Crippen molar-refractivity contribution in [3.8, 4) is 0 Å². The summed E-state index contributed by atoms with van der Waals surface area (Å²) in [6, 6.07) is 6.68. The van der Waals surface area contributed by atoms with Gasteiger partial charge in [0.05, 0.1) is 13.2 Å². The first-order valence-corrected chi connectivity index (χ1v) is 26.6. The molecule has 0 amide bonds. The Balaban J connectivity index is 0.00000117. The lowest BCUT2D eigenvalue weighted by atomic mass is 9.91. The molecule has 0 spiro atoms. The number of rotatable bonds is 32. The van der Waals surface area contributed by atoms with Gasteiger partial charge in [0, 0.05) is 18.2 Å². The number of benzene rings is 2. The quantitative estimate of drug-likeness (QED) is 0.0307. The van der Waals surface area contributed by atoms with Crippen molar-refractivity contribution in [2.24, 2.45) is 23.3 Å². The van der Waals surface area contributed by atoms with E-state index in [1.807, 2.05) is 27.7 Å². The highest BCUT2D eigenvalue weighted by Crippen LogP contribution is 2.38. The van der Waals surface area contributed by atoms with E-state index in [-0.39, 0.29) is 17.3 Å². The molecule has 0 fully saturated rings. The average Bonchev–Trinajstić information content (AvgIpc) is 3.21. The van der Waals surface area contributed by atoms with Gasteiger partial charge in [-0.05, 0) is 92.8 Å². The zero-order valence-electron chi connectivity index (χ0n) is 39.4. The minimum absolute atomic E-state index is 0.0780. The fraction of sp³-hybridized carbons (Fsp3) is 0.750. The lowest BCUT2D eigenvalue weighted by Crippen LogP contribution is -2.15. The van der Waals surface area contributed by atoms with Crippen LogP contribution < -0.4 is 11.5 Å². The Hall–Kier alpha value is -2.62. The van der Waals surface area contributed by atoms with Crippen LogP contribution in [0.15, 0.2) is 34.1 Å². The number of fused-ring (bicyclic) bond motifs is 1. The number of carbonyl (C=O) groups is 2. The predicted octanol–water partition coefficient (Wildman–Crippen LogP) is 11.3. The van der Waals surface area contributed by atoms with Crippen LogP contribution in [0.4, 0.5) is 0 Å². The molecule has 14 heteroatoms. The van der Waals surface area contributed by atoms with Gasteiger partial charge in [-0.1, -0.05) is 156 Å². The lowest BCUT2D eigenvalue weighted by molar-refractivity contribution is -0.145. The van der Waals surface area contributed by atoms with Gasteiger partial charge >= 0.3 is 11.9 Å². The Morgan fingerprint density at radius 1 is 0.516 bits per heavy atom. The second-order valence-corrected chi connectivity index (χ2v) is 19.9. The van der Waals surface area contributed by atoms with Gasteiger partial charge in [-0.3, -0.25) is 18.7 Å². The van der Waals surface area contributed by atoms with Gasteiger partial charge < -0.3 is 20.9 Å². The molecule has 62 heavy (non-hydrogen) atoms. The van der Waals surface area contributed by atoms with Crippen molar-refractivity contribution in [1.29, 1.82) is 0 Å². The molecule has 0 bridgehead atoms. The summed E-state index contributed by atoms with van der Waals surface area (Å²) in [7, 11) is -9.81. The van der Waals surface area contributed by atoms with E-state index in [4.69, 9.17) is 20.9 Å². The van der Waals surface area contributed by atoms with E-state index >= 15 is 0 Å². The van der Waals surface area contributed by atoms with Crippen molar-refractivity contribution in [2.75, 3.05) is 26.3 Å². The van der Waals surface area contributed by atoms with Crippen LogP contribution in [0.3, 0.4) is 0 Å². The average molecular weight is 915 g/mol. The molecular formula is C48H86N2O10S2. The Labute approximate surface area is 376 Å². The zero-order valence-corrected chi connectivity index (χ0v) is 41.0. The molecule has 0 aliphatic carbocycles. The first kappa shape index (κ1) is 59.4. The maximum atomic E-state index is 12.6. The topological polar surface area (TPSA) is 213 Å². The monoisotopic (exact) mass is 915 g/mol. The minimum atomic E-state index is -4.91. The molecule has 0 aliphatic rings. The molecule has 0 heterocycles. The Morgan fingerprint density at radius 2 is 0.871 bits per heavy atom. The fourth-order valence-corrected chi connectivity index (χ4v) is 9.27. The van der Waals surface area contributed by atoms with Crippen molar-refractivity contribution in [2.45, 2.75) is 205 Å². The second-order valence-electron chi connectivity index (χ2n) is 17.2. The SMILES string of the molecule is CC(C)COC(=O)CCCCCN.CC(C)COC(=O)CCCCCN.CCCCCCCCCc1c(S(=O)(=O)O)c(S(=O)(=O)O)c2ccccc2c1CCCCCCCCC. The smallest absolute Gasteiger partial charge is 0.305 e. The Kier molecular flexibility index (Phi) is 34.2. The third kappa shape index (κ3) is 28.2.